The van der Waals surface area contributed by atoms with Crippen molar-refractivity contribution in [3.8, 4) is 0 Å². The molecule has 0 saturated carbocycles. The zero-order valence-corrected chi connectivity index (χ0v) is 11.4. The van der Waals surface area contributed by atoms with Crippen LogP contribution in [-0.2, 0) is 14.8 Å². The van der Waals surface area contributed by atoms with Gasteiger partial charge >= 0.3 is 11.7 Å². The number of rotatable bonds is 4. The van der Waals surface area contributed by atoms with Crippen molar-refractivity contribution < 1.29 is 27.6 Å². The normalized spacial score (nSPS) is 19.6. The molecule has 0 spiro atoms. The van der Waals surface area contributed by atoms with Gasteiger partial charge in [-0.3, -0.25) is 14.9 Å². The SMILES string of the molecule is O=C(O)[C@H]1CCCN1S(=O)(=O)c1ccc(F)c([N+](=O)[O-])c1. The van der Waals surface area contributed by atoms with Crippen LogP contribution >= 0.6 is 0 Å². The van der Waals surface area contributed by atoms with Gasteiger partial charge in [-0.25, -0.2) is 8.42 Å². The number of benzene rings is 1. The summed E-state index contributed by atoms with van der Waals surface area (Å²) < 4.78 is 38.7. The number of carboxylic acids is 1. The van der Waals surface area contributed by atoms with Crippen LogP contribution in [0.25, 0.3) is 0 Å². The molecule has 0 amide bonds. The van der Waals surface area contributed by atoms with E-state index in [1.165, 1.54) is 0 Å². The number of nitro groups is 1. The van der Waals surface area contributed by atoms with Crippen LogP contribution < -0.4 is 0 Å². The lowest BCUT2D eigenvalue weighted by molar-refractivity contribution is -0.387. The summed E-state index contributed by atoms with van der Waals surface area (Å²) in [4.78, 5) is 20.2. The van der Waals surface area contributed by atoms with E-state index in [4.69, 9.17) is 5.11 Å². The monoisotopic (exact) mass is 318 g/mol. The summed E-state index contributed by atoms with van der Waals surface area (Å²) in [5.41, 5.74) is -0.970. The molecule has 1 heterocycles. The number of nitrogens with zero attached hydrogens (tertiary/aromatic N) is 2. The highest BCUT2D eigenvalue weighted by Crippen LogP contribution is 2.29. The lowest BCUT2D eigenvalue weighted by Gasteiger charge is -2.20. The molecule has 2 rings (SSSR count). The van der Waals surface area contributed by atoms with Crippen LogP contribution in [0.4, 0.5) is 10.1 Å². The molecule has 1 atom stereocenters. The molecule has 1 saturated heterocycles. The molecule has 10 heteroatoms. The summed E-state index contributed by atoms with van der Waals surface area (Å²) in [6.07, 6.45) is 0.539. The Labute approximate surface area is 119 Å². The number of halogens is 1. The van der Waals surface area contributed by atoms with Crippen LogP contribution in [0.1, 0.15) is 12.8 Å². The van der Waals surface area contributed by atoms with Crippen molar-refractivity contribution in [2.45, 2.75) is 23.8 Å². The molecule has 1 N–H and O–H groups in total. The van der Waals surface area contributed by atoms with E-state index < -0.39 is 43.4 Å². The van der Waals surface area contributed by atoms with E-state index in [1.54, 1.807) is 0 Å². The molecular weight excluding hydrogens is 307 g/mol. The lowest BCUT2D eigenvalue weighted by Crippen LogP contribution is -2.40. The zero-order valence-electron chi connectivity index (χ0n) is 10.6. The maximum absolute atomic E-state index is 13.2. The fraction of sp³-hybridized carbons (Fsp3) is 0.364. The van der Waals surface area contributed by atoms with Gasteiger partial charge in [-0.1, -0.05) is 0 Å². The Kier molecular flexibility index (Phi) is 3.92. The highest BCUT2D eigenvalue weighted by molar-refractivity contribution is 7.89. The summed E-state index contributed by atoms with van der Waals surface area (Å²) in [7, 11) is -4.22. The number of carboxylic acid groups (broad SMARTS) is 1. The molecule has 0 radical (unpaired) electrons. The molecule has 21 heavy (non-hydrogen) atoms. The highest BCUT2D eigenvalue weighted by atomic mass is 32.2. The van der Waals surface area contributed by atoms with Crippen molar-refractivity contribution in [1.82, 2.24) is 4.31 Å². The fourth-order valence-electron chi connectivity index (χ4n) is 2.20. The van der Waals surface area contributed by atoms with Crippen LogP contribution in [0.3, 0.4) is 0 Å². The molecule has 1 aliphatic heterocycles. The Morgan fingerprint density at radius 3 is 2.71 bits per heavy atom. The lowest BCUT2D eigenvalue weighted by atomic mass is 10.2. The Morgan fingerprint density at radius 2 is 2.14 bits per heavy atom. The van der Waals surface area contributed by atoms with Crippen molar-refractivity contribution in [2.24, 2.45) is 0 Å². The van der Waals surface area contributed by atoms with Crippen molar-refractivity contribution in [3.63, 3.8) is 0 Å². The van der Waals surface area contributed by atoms with Crippen LogP contribution in [-0.4, -0.2) is 41.3 Å². The van der Waals surface area contributed by atoms with Gasteiger partial charge in [0.15, 0.2) is 0 Å². The van der Waals surface area contributed by atoms with E-state index >= 15 is 0 Å². The second kappa shape index (κ2) is 5.37. The minimum atomic E-state index is -4.22. The minimum absolute atomic E-state index is 0.00444. The van der Waals surface area contributed by atoms with Crippen molar-refractivity contribution in [3.05, 3.63) is 34.1 Å². The first-order chi connectivity index (χ1) is 9.75. The van der Waals surface area contributed by atoms with Crippen LogP contribution in [0.15, 0.2) is 23.1 Å². The van der Waals surface area contributed by atoms with Gasteiger partial charge in [0.2, 0.25) is 15.8 Å². The Hall–Kier alpha value is -2.07. The van der Waals surface area contributed by atoms with E-state index in [0.717, 1.165) is 10.4 Å². The molecule has 0 aromatic heterocycles. The molecule has 1 fully saturated rings. The molecule has 1 aromatic carbocycles. The van der Waals surface area contributed by atoms with Gasteiger partial charge in [0.25, 0.3) is 0 Å². The molecule has 0 aliphatic carbocycles. The average Bonchev–Trinajstić information content (AvgIpc) is 2.88. The molecule has 0 unspecified atom stereocenters. The zero-order chi connectivity index (χ0) is 15.8. The first-order valence-electron chi connectivity index (χ1n) is 5.93. The summed E-state index contributed by atoms with van der Waals surface area (Å²) in [6.45, 7) is 0.00444. The standard InChI is InChI=1S/C11H11FN2O6S/c12-8-4-3-7(6-10(8)14(17)18)21(19,20)13-5-1-2-9(13)11(15)16/h3-4,6,9H,1-2,5H2,(H,15,16)/t9-/m1/s1. The molecule has 1 aliphatic rings. The van der Waals surface area contributed by atoms with Gasteiger partial charge in [-0.05, 0) is 25.0 Å². The van der Waals surface area contributed by atoms with Gasteiger partial charge in [0.05, 0.1) is 9.82 Å². The predicted molar refractivity (Wildman–Crippen MR) is 67.6 cm³/mol. The smallest absolute Gasteiger partial charge is 0.322 e. The number of hydrogen-bond donors (Lipinski definition) is 1. The summed E-state index contributed by atoms with van der Waals surface area (Å²) in [5.74, 6) is -2.44. The highest BCUT2D eigenvalue weighted by Gasteiger charge is 2.40. The van der Waals surface area contributed by atoms with E-state index in [2.05, 4.69) is 0 Å². The number of aliphatic carboxylic acids is 1. The second-order valence-corrected chi connectivity index (χ2v) is 6.37. The van der Waals surface area contributed by atoms with Crippen LogP contribution in [0.5, 0.6) is 0 Å². The van der Waals surface area contributed by atoms with Crippen LogP contribution in [0.2, 0.25) is 0 Å². The number of sulfonamides is 1. The average molecular weight is 318 g/mol. The Balaban J connectivity index is 2.47. The molecule has 114 valence electrons. The quantitative estimate of drug-likeness (QED) is 0.653. The molecular formula is C11H11FN2O6S. The Bertz CT molecular complexity index is 705. The number of nitro benzene ring substituents is 1. The van der Waals surface area contributed by atoms with Gasteiger partial charge in [-0.2, -0.15) is 8.70 Å². The largest absolute Gasteiger partial charge is 0.480 e. The topological polar surface area (TPSA) is 118 Å². The third kappa shape index (κ3) is 2.72. The fourth-order valence-corrected chi connectivity index (χ4v) is 3.87. The van der Waals surface area contributed by atoms with Crippen molar-refractivity contribution in [2.75, 3.05) is 6.54 Å². The first kappa shape index (κ1) is 15.3. The van der Waals surface area contributed by atoms with E-state index in [1.807, 2.05) is 0 Å². The number of hydrogen-bond acceptors (Lipinski definition) is 5. The molecule has 0 bridgehead atoms. The molecule has 1 aromatic rings. The first-order valence-corrected chi connectivity index (χ1v) is 7.37. The summed E-state index contributed by atoms with van der Waals surface area (Å²) in [6, 6.07) is 0.951. The third-order valence-corrected chi connectivity index (χ3v) is 5.11. The van der Waals surface area contributed by atoms with Crippen molar-refractivity contribution >= 4 is 21.7 Å². The second-order valence-electron chi connectivity index (χ2n) is 4.48. The summed E-state index contributed by atoms with van der Waals surface area (Å²) >= 11 is 0. The maximum atomic E-state index is 13.2. The van der Waals surface area contributed by atoms with E-state index in [9.17, 15) is 27.7 Å². The van der Waals surface area contributed by atoms with Gasteiger partial charge < -0.3 is 5.11 Å². The Morgan fingerprint density at radius 1 is 1.48 bits per heavy atom. The van der Waals surface area contributed by atoms with Crippen molar-refractivity contribution in [1.29, 1.82) is 0 Å². The van der Waals surface area contributed by atoms with Gasteiger partial charge in [0, 0.05) is 12.6 Å². The third-order valence-electron chi connectivity index (χ3n) is 3.21. The number of carbonyl (C=O) groups is 1. The van der Waals surface area contributed by atoms with E-state index in [0.29, 0.717) is 18.6 Å². The molecule has 8 nitrogen and oxygen atoms in total. The summed E-state index contributed by atoms with van der Waals surface area (Å²) in [5, 5.41) is 19.7. The van der Waals surface area contributed by atoms with Gasteiger partial charge in [0.1, 0.15) is 6.04 Å². The van der Waals surface area contributed by atoms with E-state index in [-0.39, 0.29) is 13.0 Å². The van der Waals surface area contributed by atoms with Crippen LogP contribution in [0, 0.1) is 15.9 Å². The predicted octanol–water partition coefficient (Wildman–Crippen LogP) is 0.972. The maximum Gasteiger partial charge on any atom is 0.322 e. The minimum Gasteiger partial charge on any atom is -0.480 e. The van der Waals surface area contributed by atoms with Gasteiger partial charge in [-0.15, -0.1) is 0 Å².